The van der Waals surface area contributed by atoms with Crippen molar-refractivity contribution < 1.29 is 14.4 Å². The maximum atomic E-state index is 12.8. The highest BCUT2D eigenvalue weighted by atomic mass is 16.2. The fraction of sp³-hybridized carbons (Fsp3) is 0.500. The highest BCUT2D eigenvalue weighted by Gasteiger charge is 2.49. The summed E-state index contributed by atoms with van der Waals surface area (Å²) < 4.78 is 0. The molecule has 1 unspecified atom stereocenters. The molecule has 3 aliphatic heterocycles. The molecule has 4 amide bonds. The van der Waals surface area contributed by atoms with E-state index in [1.807, 2.05) is 6.07 Å². The van der Waals surface area contributed by atoms with Gasteiger partial charge in [-0.3, -0.25) is 9.59 Å². The number of hydrogen-bond acceptors (Lipinski definition) is 4. The molecule has 1 N–H and O–H groups in total. The average Bonchev–Trinajstić information content (AvgIpc) is 2.92. The van der Waals surface area contributed by atoms with Crippen LogP contribution in [0.3, 0.4) is 0 Å². The first-order valence-electron chi connectivity index (χ1n) is 8.86. The van der Waals surface area contributed by atoms with Crippen LogP contribution in [-0.4, -0.2) is 66.4 Å². The minimum atomic E-state index is -0.563. The zero-order valence-corrected chi connectivity index (χ0v) is 14.1. The predicted molar refractivity (Wildman–Crippen MR) is 92.0 cm³/mol. The summed E-state index contributed by atoms with van der Waals surface area (Å²) in [6.07, 6.45) is 1.68. The number of anilines is 1. The fourth-order valence-corrected chi connectivity index (χ4v) is 3.94. The number of carbonyl (C=O) groups excluding carboxylic acids is 3. The van der Waals surface area contributed by atoms with E-state index in [1.165, 1.54) is 4.90 Å². The minimum absolute atomic E-state index is 0.0326. The Morgan fingerprint density at radius 3 is 2.48 bits per heavy atom. The second-order valence-corrected chi connectivity index (χ2v) is 6.81. The lowest BCUT2D eigenvalue weighted by atomic mass is 9.96. The molecule has 0 aliphatic carbocycles. The Balaban J connectivity index is 1.50. The molecule has 3 fully saturated rings. The van der Waals surface area contributed by atoms with E-state index in [1.54, 1.807) is 34.1 Å². The Hall–Kier alpha value is -2.41. The zero-order chi connectivity index (χ0) is 17.4. The van der Waals surface area contributed by atoms with Crippen LogP contribution in [0.1, 0.15) is 12.8 Å². The van der Waals surface area contributed by atoms with Crippen molar-refractivity contribution in [2.24, 2.45) is 5.92 Å². The predicted octanol–water partition coefficient (Wildman–Crippen LogP) is 0.666. The number of benzene rings is 1. The molecular weight excluding hydrogens is 320 g/mol. The van der Waals surface area contributed by atoms with Crippen molar-refractivity contribution in [1.82, 2.24) is 15.1 Å². The van der Waals surface area contributed by atoms with Crippen LogP contribution in [0.25, 0.3) is 0 Å². The van der Waals surface area contributed by atoms with Gasteiger partial charge in [-0.1, -0.05) is 18.2 Å². The van der Waals surface area contributed by atoms with E-state index >= 15 is 0 Å². The van der Waals surface area contributed by atoms with Crippen molar-refractivity contribution in [3.05, 3.63) is 30.3 Å². The highest BCUT2D eigenvalue weighted by molar-refractivity contribution is 6.21. The molecule has 4 rings (SSSR count). The molecule has 1 atom stereocenters. The van der Waals surface area contributed by atoms with E-state index in [-0.39, 0.29) is 23.8 Å². The summed E-state index contributed by atoms with van der Waals surface area (Å²) in [5, 5.41) is 3.26. The van der Waals surface area contributed by atoms with Gasteiger partial charge in [0.25, 0.3) is 5.91 Å². The quantitative estimate of drug-likeness (QED) is 0.802. The first-order chi connectivity index (χ1) is 12.2. The Morgan fingerprint density at radius 2 is 1.76 bits per heavy atom. The lowest BCUT2D eigenvalue weighted by molar-refractivity contribution is -0.139. The summed E-state index contributed by atoms with van der Waals surface area (Å²) in [6.45, 7) is 2.94. The SMILES string of the molecule is O=C(C1CCNCC1)N1CCN2C(=O)N(c3ccccc3)C(=O)C2C1. The average molecular weight is 342 g/mol. The lowest BCUT2D eigenvalue weighted by Crippen LogP contribution is -2.56. The molecule has 1 aromatic rings. The summed E-state index contributed by atoms with van der Waals surface area (Å²) in [5.74, 6) is -0.0798. The van der Waals surface area contributed by atoms with Crippen LogP contribution in [0.2, 0.25) is 0 Å². The number of para-hydroxylation sites is 1. The second kappa shape index (κ2) is 6.48. The molecule has 0 radical (unpaired) electrons. The van der Waals surface area contributed by atoms with Crippen molar-refractivity contribution >= 4 is 23.5 Å². The molecule has 3 aliphatic rings. The van der Waals surface area contributed by atoms with E-state index in [0.717, 1.165) is 25.9 Å². The molecule has 0 bridgehead atoms. The summed E-state index contributed by atoms with van der Waals surface area (Å²) in [6, 6.07) is 8.13. The summed E-state index contributed by atoms with van der Waals surface area (Å²) in [7, 11) is 0. The van der Waals surface area contributed by atoms with Gasteiger partial charge in [0.05, 0.1) is 12.2 Å². The molecule has 0 spiro atoms. The fourth-order valence-electron chi connectivity index (χ4n) is 3.94. The van der Waals surface area contributed by atoms with Crippen LogP contribution in [0.5, 0.6) is 0 Å². The van der Waals surface area contributed by atoms with E-state index in [4.69, 9.17) is 0 Å². The zero-order valence-electron chi connectivity index (χ0n) is 14.1. The van der Waals surface area contributed by atoms with Gasteiger partial charge in [-0.15, -0.1) is 0 Å². The van der Waals surface area contributed by atoms with E-state index in [2.05, 4.69) is 5.32 Å². The van der Waals surface area contributed by atoms with Gasteiger partial charge in [0, 0.05) is 19.0 Å². The maximum Gasteiger partial charge on any atom is 0.332 e. The molecule has 1 aromatic carbocycles. The van der Waals surface area contributed by atoms with Gasteiger partial charge in [0.15, 0.2) is 0 Å². The molecule has 7 heteroatoms. The first kappa shape index (κ1) is 16.1. The Labute approximate surface area is 146 Å². The number of amides is 4. The smallest absolute Gasteiger partial charge is 0.332 e. The Morgan fingerprint density at radius 1 is 1.04 bits per heavy atom. The van der Waals surface area contributed by atoms with Gasteiger partial charge >= 0.3 is 6.03 Å². The standard InChI is InChI=1S/C18H22N4O3/c23-16(13-6-8-19-9-7-13)20-10-11-21-15(12-20)17(24)22(18(21)25)14-4-2-1-3-5-14/h1-5,13,15,19H,6-12H2. The van der Waals surface area contributed by atoms with Crippen molar-refractivity contribution in [3.63, 3.8) is 0 Å². The number of nitrogens with one attached hydrogen (secondary N) is 1. The van der Waals surface area contributed by atoms with Crippen molar-refractivity contribution in [1.29, 1.82) is 0 Å². The monoisotopic (exact) mass is 342 g/mol. The number of fused-ring (bicyclic) bond motifs is 1. The normalized spacial score (nSPS) is 24.6. The van der Waals surface area contributed by atoms with E-state index in [9.17, 15) is 14.4 Å². The van der Waals surface area contributed by atoms with E-state index in [0.29, 0.717) is 25.3 Å². The number of carbonyl (C=O) groups is 3. The molecule has 3 heterocycles. The van der Waals surface area contributed by atoms with Crippen molar-refractivity contribution in [2.45, 2.75) is 18.9 Å². The molecule has 25 heavy (non-hydrogen) atoms. The van der Waals surface area contributed by atoms with Crippen LogP contribution < -0.4 is 10.2 Å². The number of rotatable bonds is 2. The first-order valence-corrected chi connectivity index (χ1v) is 8.86. The molecule has 3 saturated heterocycles. The van der Waals surface area contributed by atoms with Crippen molar-refractivity contribution in [3.8, 4) is 0 Å². The van der Waals surface area contributed by atoms with Crippen LogP contribution in [0.4, 0.5) is 10.5 Å². The molecule has 132 valence electrons. The maximum absolute atomic E-state index is 12.8. The molecule has 7 nitrogen and oxygen atoms in total. The third-order valence-electron chi connectivity index (χ3n) is 5.34. The van der Waals surface area contributed by atoms with Gasteiger partial charge in [-0.05, 0) is 38.1 Å². The lowest BCUT2D eigenvalue weighted by Gasteiger charge is -2.37. The highest BCUT2D eigenvalue weighted by Crippen LogP contribution is 2.28. The molecule has 0 aromatic heterocycles. The van der Waals surface area contributed by atoms with Crippen molar-refractivity contribution in [2.75, 3.05) is 37.6 Å². The minimum Gasteiger partial charge on any atom is -0.338 e. The summed E-state index contributed by atoms with van der Waals surface area (Å²) >= 11 is 0. The summed E-state index contributed by atoms with van der Waals surface area (Å²) in [4.78, 5) is 42.8. The number of piperidine rings is 1. The molecule has 0 saturated carbocycles. The number of hydrogen-bond donors (Lipinski definition) is 1. The molecular formula is C18H22N4O3. The van der Waals surface area contributed by atoms with Gasteiger partial charge in [-0.2, -0.15) is 0 Å². The topological polar surface area (TPSA) is 73.0 Å². The number of imide groups is 1. The number of urea groups is 1. The van der Waals surface area contributed by atoms with Gasteiger partial charge in [0.1, 0.15) is 6.04 Å². The van der Waals surface area contributed by atoms with Gasteiger partial charge in [-0.25, -0.2) is 9.69 Å². The summed E-state index contributed by atoms with van der Waals surface area (Å²) in [5.41, 5.74) is 0.586. The van der Waals surface area contributed by atoms with Crippen LogP contribution in [0, 0.1) is 5.92 Å². The van der Waals surface area contributed by atoms with Gasteiger partial charge < -0.3 is 15.1 Å². The Kier molecular flexibility index (Phi) is 4.17. The van der Waals surface area contributed by atoms with E-state index < -0.39 is 6.04 Å². The van der Waals surface area contributed by atoms with Crippen LogP contribution in [-0.2, 0) is 9.59 Å². The number of nitrogens with zero attached hydrogens (tertiary/aromatic N) is 3. The van der Waals surface area contributed by atoms with Crippen LogP contribution >= 0.6 is 0 Å². The largest absolute Gasteiger partial charge is 0.338 e. The third kappa shape index (κ3) is 2.78. The third-order valence-corrected chi connectivity index (χ3v) is 5.34. The van der Waals surface area contributed by atoms with Crippen LogP contribution in [0.15, 0.2) is 30.3 Å². The van der Waals surface area contributed by atoms with Gasteiger partial charge in [0.2, 0.25) is 5.91 Å². The number of piperazine rings is 1. The second-order valence-electron chi connectivity index (χ2n) is 6.81. The Bertz CT molecular complexity index is 687.